The Morgan fingerprint density at radius 1 is 1.35 bits per heavy atom. The van der Waals surface area contributed by atoms with Gasteiger partial charge in [-0.3, -0.25) is 4.79 Å². The molecule has 0 spiro atoms. The highest BCUT2D eigenvalue weighted by Gasteiger charge is 2.07. The third-order valence-electron chi connectivity index (χ3n) is 2.96. The van der Waals surface area contributed by atoms with Crippen LogP contribution in [0.3, 0.4) is 0 Å². The van der Waals surface area contributed by atoms with Crippen LogP contribution in [0.5, 0.6) is 5.75 Å². The summed E-state index contributed by atoms with van der Waals surface area (Å²) in [6.45, 7) is 10.6. The number of hydrogen-bond acceptors (Lipinski definition) is 3. The largest absolute Gasteiger partial charge is 0.497 e. The van der Waals surface area contributed by atoms with Crippen LogP contribution in [0.1, 0.15) is 26.5 Å². The first-order chi connectivity index (χ1) is 11.0. The lowest BCUT2D eigenvalue weighted by molar-refractivity contribution is 0.415. The Balaban J connectivity index is 0.00000127. The fraction of sp³-hybridized carbons (Fsp3) is 0.294. The number of rotatable bonds is 4. The summed E-state index contributed by atoms with van der Waals surface area (Å²) in [5.41, 5.74) is 1.72. The Morgan fingerprint density at radius 3 is 2.65 bits per heavy atom. The molecule has 0 amide bonds. The van der Waals surface area contributed by atoms with Gasteiger partial charge in [0.1, 0.15) is 5.75 Å². The van der Waals surface area contributed by atoms with Crippen LogP contribution in [0.2, 0.25) is 0 Å². The highest BCUT2D eigenvalue weighted by atomic mass is 32.1. The van der Waals surface area contributed by atoms with Crippen LogP contribution in [0.25, 0.3) is 16.6 Å². The van der Waals surface area contributed by atoms with Crippen LogP contribution >= 0.6 is 12.2 Å². The van der Waals surface area contributed by atoms with E-state index in [1.54, 1.807) is 25.3 Å². The van der Waals surface area contributed by atoms with E-state index in [0.29, 0.717) is 39.7 Å². The van der Waals surface area contributed by atoms with E-state index in [2.05, 4.69) is 22.2 Å². The molecule has 1 aromatic carbocycles. The molecular weight excluding hydrogens is 310 g/mol. The van der Waals surface area contributed by atoms with Gasteiger partial charge < -0.3 is 20.4 Å². The summed E-state index contributed by atoms with van der Waals surface area (Å²) in [4.78, 5) is 15.3. The first-order valence-electron chi connectivity index (χ1n) is 7.50. The molecule has 124 valence electrons. The maximum absolute atomic E-state index is 12.1. The SMILES string of the molecule is C=C(NC(=S)NCC)c1cc(=O)c2ccc(OC)cc2[nH]1.CC. The lowest BCUT2D eigenvalue weighted by atomic mass is 10.1. The smallest absolute Gasteiger partial charge is 0.190 e. The van der Waals surface area contributed by atoms with Gasteiger partial charge in [-0.25, -0.2) is 0 Å². The predicted molar refractivity (Wildman–Crippen MR) is 101 cm³/mol. The molecule has 1 aromatic heterocycles. The quantitative estimate of drug-likeness (QED) is 0.751. The highest BCUT2D eigenvalue weighted by molar-refractivity contribution is 7.80. The number of aromatic amines is 1. The normalized spacial score (nSPS) is 9.57. The molecule has 2 rings (SSSR count). The Hall–Kier alpha value is -2.34. The maximum Gasteiger partial charge on any atom is 0.190 e. The summed E-state index contributed by atoms with van der Waals surface area (Å²) in [6.07, 6.45) is 0. The third kappa shape index (κ3) is 4.82. The number of pyridine rings is 1. The van der Waals surface area contributed by atoms with Crippen molar-refractivity contribution in [1.29, 1.82) is 0 Å². The van der Waals surface area contributed by atoms with E-state index in [4.69, 9.17) is 17.0 Å². The Morgan fingerprint density at radius 2 is 2.04 bits per heavy atom. The van der Waals surface area contributed by atoms with Gasteiger partial charge in [-0.05, 0) is 31.3 Å². The molecule has 0 fully saturated rings. The van der Waals surface area contributed by atoms with Gasteiger partial charge in [-0.2, -0.15) is 0 Å². The second-order valence-electron chi connectivity index (χ2n) is 4.42. The summed E-state index contributed by atoms with van der Waals surface area (Å²) in [6, 6.07) is 6.76. The van der Waals surface area contributed by atoms with Gasteiger partial charge in [0.15, 0.2) is 10.5 Å². The van der Waals surface area contributed by atoms with Crippen molar-refractivity contribution in [1.82, 2.24) is 15.6 Å². The zero-order chi connectivity index (χ0) is 17.4. The molecular formula is C17H23N3O2S. The van der Waals surface area contributed by atoms with Gasteiger partial charge in [0, 0.05) is 24.1 Å². The van der Waals surface area contributed by atoms with Crippen molar-refractivity contribution >= 4 is 33.9 Å². The predicted octanol–water partition coefficient (Wildman–Crippen LogP) is 3.02. The number of fused-ring (bicyclic) bond motifs is 1. The average molecular weight is 333 g/mol. The molecule has 0 aliphatic heterocycles. The van der Waals surface area contributed by atoms with Crippen LogP contribution < -0.4 is 20.8 Å². The molecule has 5 nitrogen and oxygen atoms in total. The standard InChI is InChI=1S/C15H17N3O2S.C2H6/c1-4-16-15(21)17-9(2)12-8-14(19)11-6-5-10(20-3)7-13(11)18-12;1-2/h5-8H,2,4H2,1,3H3,(H,18,19)(H2,16,17,21);1-2H3. The van der Waals surface area contributed by atoms with Gasteiger partial charge in [0.2, 0.25) is 0 Å². The number of thiocarbonyl (C=S) groups is 1. The molecule has 0 bridgehead atoms. The summed E-state index contributed by atoms with van der Waals surface area (Å²) < 4.78 is 5.17. The number of nitrogens with one attached hydrogen (secondary N) is 3. The Labute approximate surface area is 141 Å². The Bertz CT molecular complexity index is 753. The maximum atomic E-state index is 12.1. The summed E-state index contributed by atoms with van der Waals surface area (Å²) in [5.74, 6) is 0.678. The van der Waals surface area contributed by atoms with E-state index in [1.807, 2.05) is 20.8 Å². The van der Waals surface area contributed by atoms with Crippen molar-refractivity contribution in [3.63, 3.8) is 0 Å². The summed E-state index contributed by atoms with van der Waals surface area (Å²) in [7, 11) is 1.58. The molecule has 3 N–H and O–H groups in total. The van der Waals surface area contributed by atoms with E-state index in [-0.39, 0.29) is 5.43 Å². The lowest BCUT2D eigenvalue weighted by Gasteiger charge is -2.12. The average Bonchev–Trinajstić information content (AvgIpc) is 2.56. The summed E-state index contributed by atoms with van der Waals surface area (Å²) >= 11 is 5.10. The van der Waals surface area contributed by atoms with Crippen LogP contribution in [0.4, 0.5) is 0 Å². The molecule has 0 unspecified atom stereocenters. The first kappa shape index (κ1) is 18.7. The molecule has 0 aliphatic rings. The number of benzene rings is 1. The van der Waals surface area contributed by atoms with E-state index in [9.17, 15) is 4.79 Å². The number of hydrogen-bond donors (Lipinski definition) is 3. The first-order valence-corrected chi connectivity index (χ1v) is 7.91. The molecule has 0 saturated carbocycles. The minimum absolute atomic E-state index is 0.0845. The van der Waals surface area contributed by atoms with E-state index >= 15 is 0 Å². The zero-order valence-electron chi connectivity index (χ0n) is 13.9. The molecule has 0 aliphatic carbocycles. The summed E-state index contributed by atoms with van der Waals surface area (Å²) in [5, 5.41) is 6.97. The van der Waals surface area contributed by atoms with Gasteiger partial charge in [-0.15, -0.1) is 0 Å². The van der Waals surface area contributed by atoms with E-state index in [0.717, 1.165) is 0 Å². The minimum Gasteiger partial charge on any atom is -0.497 e. The van der Waals surface area contributed by atoms with E-state index < -0.39 is 0 Å². The topological polar surface area (TPSA) is 66.2 Å². The zero-order valence-corrected chi connectivity index (χ0v) is 14.8. The fourth-order valence-corrected chi connectivity index (χ4v) is 2.20. The number of H-pyrrole nitrogens is 1. The number of ether oxygens (including phenoxy) is 1. The van der Waals surface area contributed by atoms with Crippen molar-refractivity contribution < 1.29 is 4.74 Å². The molecule has 2 aromatic rings. The van der Waals surface area contributed by atoms with Crippen molar-refractivity contribution in [2.45, 2.75) is 20.8 Å². The second-order valence-corrected chi connectivity index (χ2v) is 4.83. The van der Waals surface area contributed by atoms with Crippen LogP contribution in [0, 0.1) is 0 Å². The Kier molecular flexibility index (Phi) is 7.28. The number of methoxy groups -OCH3 is 1. The van der Waals surface area contributed by atoms with Crippen molar-refractivity contribution in [2.24, 2.45) is 0 Å². The molecule has 0 radical (unpaired) electrons. The van der Waals surface area contributed by atoms with Crippen LogP contribution in [-0.2, 0) is 0 Å². The number of aromatic nitrogens is 1. The highest BCUT2D eigenvalue weighted by Crippen LogP contribution is 2.18. The lowest BCUT2D eigenvalue weighted by Crippen LogP contribution is -2.33. The van der Waals surface area contributed by atoms with Gasteiger partial charge in [0.05, 0.1) is 24.0 Å². The van der Waals surface area contributed by atoms with Crippen molar-refractivity contribution in [3.05, 3.63) is 46.8 Å². The molecule has 23 heavy (non-hydrogen) atoms. The monoisotopic (exact) mass is 333 g/mol. The van der Waals surface area contributed by atoms with Gasteiger partial charge in [0.25, 0.3) is 0 Å². The van der Waals surface area contributed by atoms with Gasteiger partial charge >= 0.3 is 0 Å². The fourth-order valence-electron chi connectivity index (χ4n) is 1.93. The second kappa shape index (κ2) is 8.95. The van der Waals surface area contributed by atoms with E-state index in [1.165, 1.54) is 6.07 Å². The minimum atomic E-state index is -0.0845. The molecule has 1 heterocycles. The van der Waals surface area contributed by atoms with Crippen LogP contribution in [-0.4, -0.2) is 23.8 Å². The molecule has 0 saturated heterocycles. The van der Waals surface area contributed by atoms with Crippen LogP contribution in [0.15, 0.2) is 35.6 Å². The van der Waals surface area contributed by atoms with Crippen molar-refractivity contribution in [2.75, 3.05) is 13.7 Å². The third-order valence-corrected chi connectivity index (χ3v) is 3.21. The van der Waals surface area contributed by atoms with Crippen molar-refractivity contribution in [3.8, 4) is 5.75 Å². The molecule has 6 heteroatoms. The van der Waals surface area contributed by atoms with Gasteiger partial charge in [-0.1, -0.05) is 20.4 Å². The molecule has 0 atom stereocenters.